The number of amidine groups is 1. The third-order valence-electron chi connectivity index (χ3n) is 4.47. The van der Waals surface area contributed by atoms with Crippen molar-refractivity contribution in [3.63, 3.8) is 0 Å². The smallest absolute Gasteiger partial charge is 0.146 e. The third-order valence-corrected chi connectivity index (χ3v) is 4.89. The van der Waals surface area contributed by atoms with Crippen LogP contribution in [0.25, 0.3) is 0 Å². The predicted molar refractivity (Wildman–Crippen MR) is 126 cm³/mol. The highest BCUT2D eigenvalue weighted by Crippen LogP contribution is 2.24. The van der Waals surface area contributed by atoms with Crippen molar-refractivity contribution in [2.45, 2.75) is 0 Å². The average molecular weight is 393 g/mol. The fourth-order valence-electron chi connectivity index (χ4n) is 3.08. The summed E-state index contributed by atoms with van der Waals surface area (Å²) in [6.45, 7) is 0. The lowest BCUT2D eigenvalue weighted by Crippen LogP contribution is -2.37. The molecule has 0 spiro atoms. The van der Waals surface area contributed by atoms with Crippen molar-refractivity contribution in [2.75, 3.05) is 4.90 Å². The first kappa shape index (κ1) is 18.8. The summed E-state index contributed by atoms with van der Waals surface area (Å²) in [5, 5.41) is 0. The number of hydrogen-bond donors (Lipinski definition) is 0. The minimum atomic E-state index is 0.704. The van der Waals surface area contributed by atoms with E-state index < -0.39 is 0 Å². The van der Waals surface area contributed by atoms with Crippen LogP contribution in [-0.4, -0.2) is 10.8 Å². The van der Waals surface area contributed by atoms with Crippen molar-refractivity contribution in [3.8, 4) is 0 Å². The molecule has 0 heterocycles. The van der Waals surface area contributed by atoms with Gasteiger partial charge in [0.05, 0.1) is 5.69 Å². The molecule has 29 heavy (non-hydrogen) atoms. The molecular weight excluding hydrogens is 372 g/mol. The van der Waals surface area contributed by atoms with Crippen molar-refractivity contribution >= 4 is 34.4 Å². The average Bonchev–Trinajstić information content (AvgIpc) is 2.81. The lowest BCUT2D eigenvalue weighted by Gasteiger charge is -2.27. The predicted octanol–water partition coefficient (Wildman–Crippen LogP) is 6.65. The molecule has 0 aliphatic carbocycles. The molecular formula is C26H20N2S. The summed E-state index contributed by atoms with van der Waals surface area (Å²) in [6.07, 6.45) is 0. The molecule has 0 aliphatic rings. The molecule has 0 N–H and O–H groups in total. The van der Waals surface area contributed by atoms with E-state index >= 15 is 0 Å². The molecule has 4 rings (SSSR count). The largest absolute Gasteiger partial charge is 0.284 e. The Labute approximate surface area is 176 Å². The van der Waals surface area contributed by atoms with Gasteiger partial charge in [-0.1, -0.05) is 109 Å². The maximum Gasteiger partial charge on any atom is 0.146 e. The van der Waals surface area contributed by atoms with Crippen molar-refractivity contribution in [1.82, 2.24) is 0 Å². The van der Waals surface area contributed by atoms with Crippen LogP contribution in [-0.2, 0) is 0 Å². The topological polar surface area (TPSA) is 15.6 Å². The van der Waals surface area contributed by atoms with Crippen molar-refractivity contribution in [1.29, 1.82) is 0 Å². The van der Waals surface area contributed by atoms with Crippen LogP contribution >= 0.6 is 12.2 Å². The van der Waals surface area contributed by atoms with E-state index in [1.807, 2.05) is 102 Å². The number of rotatable bonds is 4. The lowest BCUT2D eigenvalue weighted by molar-refractivity contribution is 1.37. The molecule has 0 radical (unpaired) electrons. The van der Waals surface area contributed by atoms with Gasteiger partial charge in [0.2, 0.25) is 0 Å². The fraction of sp³-hybridized carbons (Fsp3) is 0. The van der Waals surface area contributed by atoms with Gasteiger partial charge in [0.1, 0.15) is 10.8 Å². The normalized spacial score (nSPS) is 11.1. The van der Waals surface area contributed by atoms with Crippen LogP contribution in [0.15, 0.2) is 126 Å². The van der Waals surface area contributed by atoms with Crippen molar-refractivity contribution < 1.29 is 0 Å². The summed E-state index contributed by atoms with van der Waals surface area (Å²) < 4.78 is 0. The number of hydrogen-bond acceptors (Lipinski definition) is 2. The van der Waals surface area contributed by atoms with Crippen LogP contribution in [0, 0.1) is 0 Å². The second kappa shape index (κ2) is 9.09. The van der Waals surface area contributed by atoms with Crippen molar-refractivity contribution in [3.05, 3.63) is 132 Å². The first-order chi connectivity index (χ1) is 14.3. The van der Waals surface area contributed by atoms with Crippen LogP contribution < -0.4 is 4.90 Å². The van der Waals surface area contributed by atoms with Gasteiger partial charge in [0.15, 0.2) is 0 Å². The van der Waals surface area contributed by atoms with E-state index in [-0.39, 0.29) is 0 Å². The van der Waals surface area contributed by atoms with E-state index in [1.165, 1.54) is 0 Å². The number of benzene rings is 4. The summed E-state index contributed by atoms with van der Waals surface area (Å²) in [5.74, 6) is 0.789. The van der Waals surface area contributed by atoms with Crippen LogP contribution in [0.5, 0.6) is 0 Å². The molecule has 0 atom stereocenters. The zero-order valence-corrected chi connectivity index (χ0v) is 16.7. The molecule has 3 heteroatoms. The Balaban J connectivity index is 1.91. The standard InChI is InChI=1S/C26H20N2S/c29-26(22-15-7-2-8-16-22)28(24-19-11-4-12-20-24)25(21-13-5-1-6-14-21)27-23-17-9-3-10-18-23/h1-20H. The summed E-state index contributed by atoms with van der Waals surface area (Å²) in [4.78, 5) is 7.76. The zero-order chi connectivity index (χ0) is 19.9. The van der Waals surface area contributed by atoms with Gasteiger partial charge in [0.25, 0.3) is 0 Å². The van der Waals surface area contributed by atoms with Gasteiger partial charge in [-0.15, -0.1) is 0 Å². The number of para-hydroxylation sites is 2. The first-order valence-electron chi connectivity index (χ1n) is 9.46. The van der Waals surface area contributed by atoms with Gasteiger partial charge in [0, 0.05) is 16.8 Å². The highest BCUT2D eigenvalue weighted by molar-refractivity contribution is 7.81. The Hall–Kier alpha value is -3.56. The van der Waals surface area contributed by atoms with Gasteiger partial charge in [-0.25, -0.2) is 4.99 Å². The summed E-state index contributed by atoms with van der Waals surface area (Å²) in [7, 11) is 0. The van der Waals surface area contributed by atoms with E-state index in [1.54, 1.807) is 0 Å². The molecule has 0 saturated carbocycles. The Morgan fingerprint density at radius 2 is 1.00 bits per heavy atom. The first-order valence-corrected chi connectivity index (χ1v) is 9.87. The highest BCUT2D eigenvalue weighted by Gasteiger charge is 2.21. The molecule has 2 nitrogen and oxygen atoms in total. The van der Waals surface area contributed by atoms with Crippen molar-refractivity contribution in [2.24, 2.45) is 4.99 Å². The second-order valence-corrected chi connectivity index (χ2v) is 6.87. The number of aliphatic imine (C=N–C) groups is 1. The van der Waals surface area contributed by atoms with E-state index in [4.69, 9.17) is 17.2 Å². The monoisotopic (exact) mass is 392 g/mol. The van der Waals surface area contributed by atoms with Gasteiger partial charge >= 0.3 is 0 Å². The van der Waals surface area contributed by atoms with E-state index in [9.17, 15) is 0 Å². The molecule has 0 amide bonds. The molecule has 0 bridgehead atoms. The molecule has 4 aromatic rings. The van der Waals surface area contributed by atoms with Gasteiger partial charge in [-0.2, -0.15) is 0 Å². The number of thiocarbonyl (C=S) groups is 1. The maximum atomic E-state index is 5.96. The molecule has 0 aromatic heterocycles. The van der Waals surface area contributed by atoms with Gasteiger partial charge in [-0.3, -0.25) is 4.90 Å². The molecule has 0 fully saturated rings. The Kier molecular flexibility index (Phi) is 5.89. The molecule has 0 aliphatic heterocycles. The van der Waals surface area contributed by atoms with Crippen LogP contribution in [0.2, 0.25) is 0 Å². The SMILES string of the molecule is S=C(c1ccccc1)N(C(=Nc1ccccc1)c1ccccc1)c1ccccc1. The van der Waals surface area contributed by atoms with E-state index in [0.29, 0.717) is 4.99 Å². The Bertz CT molecular complexity index is 1090. The second-order valence-electron chi connectivity index (χ2n) is 6.48. The molecule has 4 aromatic carbocycles. The fourth-order valence-corrected chi connectivity index (χ4v) is 3.41. The minimum Gasteiger partial charge on any atom is -0.284 e. The van der Waals surface area contributed by atoms with Crippen LogP contribution in [0.3, 0.4) is 0 Å². The highest BCUT2D eigenvalue weighted by atomic mass is 32.1. The third kappa shape index (κ3) is 4.48. The zero-order valence-electron chi connectivity index (χ0n) is 15.8. The lowest BCUT2D eigenvalue weighted by atomic mass is 10.1. The Morgan fingerprint density at radius 3 is 1.55 bits per heavy atom. The van der Waals surface area contributed by atoms with E-state index in [0.717, 1.165) is 28.3 Å². The summed E-state index contributed by atoms with van der Waals surface area (Å²) in [6, 6.07) is 40.3. The summed E-state index contributed by atoms with van der Waals surface area (Å²) >= 11 is 5.96. The van der Waals surface area contributed by atoms with Gasteiger partial charge in [-0.05, 0) is 24.3 Å². The van der Waals surface area contributed by atoms with Crippen LogP contribution in [0.1, 0.15) is 11.1 Å². The molecule has 0 saturated heterocycles. The molecule has 140 valence electrons. The van der Waals surface area contributed by atoms with E-state index in [2.05, 4.69) is 24.3 Å². The van der Waals surface area contributed by atoms with Crippen LogP contribution in [0.4, 0.5) is 11.4 Å². The number of nitrogens with zero attached hydrogens (tertiary/aromatic N) is 2. The number of anilines is 1. The molecule has 0 unspecified atom stereocenters. The minimum absolute atomic E-state index is 0.704. The van der Waals surface area contributed by atoms with Gasteiger partial charge < -0.3 is 0 Å². The Morgan fingerprint density at radius 1 is 0.552 bits per heavy atom. The quantitative estimate of drug-likeness (QED) is 0.220. The maximum absolute atomic E-state index is 5.96. The summed E-state index contributed by atoms with van der Waals surface area (Å²) in [5.41, 5.74) is 3.82.